The number of amides is 1. The quantitative estimate of drug-likeness (QED) is 0.593. The average molecular weight is 292 g/mol. The van der Waals surface area contributed by atoms with Gasteiger partial charge in [0.25, 0.3) is 5.91 Å². The van der Waals surface area contributed by atoms with Crippen molar-refractivity contribution in [2.24, 2.45) is 5.84 Å². The van der Waals surface area contributed by atoms with Gasteiger partial charge >= 0.3 is 0 Å². The number of nitrogens with one attached hydrogen (secondary N) is 2. The molecule has 112 valence electrons. The summed E-state index contributed by atoms with van der Waals surface area (Å²) in [5, 5.41) is 2.72. The van der Waals surface area contributed by atoms with Gasteiger partial charge in [0.1, 0.15) is 11.5 Å². The zero-order valence-electron chi connectivity index (χ0n) is 12.0. The minimum Gasteiger partial charge on any atom is -0.466 e. The van der Waals surface area contributed by atoms with Crippen LogP contribution in [0.15, 0.2) is 22.7 Å². The molecule has 2 aromatic rings. The third-order valence-electron chi connectivity index (χ3n) is 3.16. The van der Waals surface area contributed by atoms with Crippen molar-refractivity contribution in [3.05, 3.63) is 46.8 Å². The lowest BCUT2D eigenvalue weighted by Gasteiger charge is -2.14. The van der Waals surface area contributed by atoms with Crippen LogP contribution in [0.25, 0.3) is 0 Å². The first-order valence-electron chi connectivity index (χ1n) is 6.43. The number of furan rings is 1. The van der Waals surface area contributed by atoms with E-state index in [4.69, 9.17) is 10.3 Å². The van der Waals surface area contributed by atoms with Gasteiger partial charge in [-0.1, -0.05) is 0 Å². The SMILES string of the molecule is Cc1cc(C(C)NC(=O)c2ccnc(NN)c2F)c(C)o1. The number of aryl methyl sites for hydroxylation is 2. The largest absolute Gasteiger partial charge is 0.466 e. The lowest BCUT2D eigenvalue weighted by Crippen LogP contribution is -2.28. The van der Waals surface area contributed by atoms with E-state index < -0.39 is 11.7 Å². The molecule has 2 aromatic heterocycles. The number of rotatable bonds is 4. The Labute approximate surface area is 121 Å². The number of pyridine rings is 1. The molecule has 1 unspecified atom stereocenters. The van der Waals surface area contributed by atoms with Crippen LogP contribution in [0.3, 0.4) is 0 Å². The van der Waals surface area contributed by atoms with Gasteiger partial charge in [-0.15, -0.1) is 0 Å². The second-order valence-corrected chi connectivity index (χ2v) is 4.73. The minimum atomic E-state index is -0.787. The molecule has 0 fully saturated rings. The van der Waals surface area contributed by atoms with Crippen molar-refractivity contribution in [3.63, 3.8) is 0 Å². The molecule has 0 radical (unpaired) electrons. The van der Waals surface area contributed by atoms with Crippen LogP contribution in [0.2, 0.25) is 0 Å². The van der Waals surface area contributed by atoms with Crippen molar-refractivity contribution in [3.8, 4) is 0 Å². The second kappa shape index (κ2) is 5.92. The zero-order valence-corrected chi connectivity index (χ0v) is 12.0. The molecule has 2 heterocycles. The number of nitrogen functional groups attached to an aromatic ring is 1. The predicted octanol–water partition coefficient (Wildman–Crippen LogP) is 2.21. The average Bonchev–Trinajstić information content (AvgIpc) is 2.78. The Morgan fingerprint density at radius 2 is 2.19 bits per heavy atom. The monoisotopic (exact) mass is 292 g/mol. The van der Waals surface area contributed by atoms with Gasteiger partial charge in [-0.3, -0.25) is 4.79 Å². The van der Waals surface area contributed by atoms with Crippen LogP contribution < -0.4 is 16.6 Å². The number of hydrazine groups is 1. The van der Waals surface area contributed by atoms with Crippen LogP contribution in [0.5, 0.6) is 0 Å². The van der Waals surface area contributed by atoms with Crippen LogP contribution in [0.4, 0.5) is 10.2 Å². The third-order valence-corrected chi connectivity index (χ3v) is 3.16. The van der Waals surface area contributed by atoms with Crippen LogP contribution >= 0.6 is 0 Å². The van der Waals surface area contributed by atoms with Crippen molar-refractivity contribution in [1.29, 1.82) is 0 Å². The Morgan fingerprint density at radius 1 is 1.48 bits per heavy atom. The predicted molar refractivity (Wildman–Crippen MR) is 76.1 cm³/mol. The Morgan fingerprint density at radius 3 is 2.76 bits per heavy atom. The van der Waals surface area contributed by atoms with Gasteiger partial charge in [-0.2, -0.15) is 0 Å². The highest BCUT2D eigenvalue weighted by Gasteiger charge is 2.20. The molecule has 0 bridgehead atoms. The van der Waals surface area contributed by atoms with Gasteiger partial charge in [0.05, 0.1) is 11.6 Å². The number of halogens is 1. The van der Waals surface area contributed by atoms with Crippen molar-refractivity contribution in [2.75, 3.05) is 5.43 Å². The second-order valence-electron chi connectivity index (χ2n) is 4.73. The molecule has 1 amide bonds. The van der Waals surface area contributed by atoms with Crippen LogP contribution in [-0.4, -0.2) is 10.9 Å². The molecule has 2 rings (SSSR count). The number of carbonyl (C=O) groups is 1. The summed E-state index contributed by atoms with van der Waals surface area (Å²) in [7, 11) is 0. The first-order chi connectivity index (χ1) is 9.93. The smallest absolute Gasteiger partial charge is 0.254 e. The summed E-state index contributed by atoms with van der Waals surface area (Å²) in [6.45, 7) is 5.44. The van der Waals surface area contributed by atoms with Crippen LogP contribution in [0.1, 0.15) is 40.4 Å². The minimum absolute atomic E-state index is 0.123. The van der Waals surface area contributed by atoms with Crippen molar-refractivity contribution < 1.29 is 13.6 Å². The van der Waals surface area contributed by atoms with E-state index in [9.17, 15) is 9.18 Å². The number of hydrogen-bond donors (Lipinski definition) is 3. The number of carbonyl (C=O) groups excluding carboxylic acids is 1. The zero-order chi connectivity index (χ0) is 15.6. The molecule has 0 aliphatic heterocycles. The number of hydrogen-bond acceptors (Lipinski definition) is 5. The number of anilines is 1. The van der Waals surface area contributed by atoms with Gasteiger partial charge in [0, 0.05) is 11.8 Å². The molecule has 0 saturated heterocycles. The van der Waals surface area contributed by atoms with E-state index in [-0.39, 0.29) is 17.4 Å². The third kappa shape index (κ3) is 3.03. The Balaban J connectivity index is 2.20. The molecule has 0 spiro atoms. The summed E-state index contributed by atoms with van der Waals surface area (Å²) in [5.41, 5.74) is 2.84. The first kappa shape index (κ1) is 15.0. The van der Waals surface area contributed by atoms with Crippen LogP contribution in [-0.2, 0) is 0 Å². The molecule has 7 heteroatoms. The first-order valence-corrected chi connectivity index (χ1v) is 6.43. The molecule has 0 aliphatic rings. The van der Waals surface area contributed by atoms with E-state index in [0.29, 0.717) is 0 Å². The molecule has 0 aromatic carbocycles. The van der Waals surface area contributed by atoms with Crippen molar-refractivity contribution in [1.82, 2.24) is 10.3 Å². The molecule has 0 saturated carbocycles. The van der Waals surface area contributed by atoms with E-state index in [1.54, 1.807) is 6.92 Å². The fraction of sp³-hybridized carbons (Fsp3) is 0.286. The van der Waals surface area contributed by atoms with Gasteiger partial charge in [-0.25, -0.2) is 15.2 Å². The van der Waals surface area contributed by atoms with Crippen LogP contribution in [0, 0.1) is 19.7 Å². The Kier molecular flexibility index (Phi) is 4.23. The maximum atomic E-state index is 14.0. The normalized spacial score (nSPS) is 12.0. The maximum absolute atomic E-state index is 14.0. The number of nitrogens with two attached hydrogens (primary N) is 1. The molecule has 1 atom stereocenters. The summed E-state index contributed by atoms with van der Waals surface area (Å²) in [4.78, 5) is 15.8. The van der Waals surface area contributed by atoms with E-state index >= 15 is 0 Å². The number of aromatic nitrogens is 1. The summed E-state index contributed by atoms with van der Waals surface area (Å²) >= 11 is 0. The van der Waals surface area contributed by atoms with Crippen molar-refractivity contribution in [2.45, 2.75) is 26.8 Å². The molecular weight excluding hydrogens is 275 g/mol. The summed E-state index contributed by atoms with van der Waals surface area (Å²) in [5.74, 6) is 5.11. The van der Waals surface area contributed by atoms with E-state index in [2.05, 4.69) is 15.7 Å². The van der Waals surface area contributed by atoms with Gasteiger partial charge in [0.2, 0.25) is 0 Å². The molecule has 6 nitrogen and oxygen atoms in total. The van der Waals surface area contributed by atoms with E-state index in [0.717, 1.165) is 17.1 Å². The Bertz CT molecular complexity index is 669. The molecule has 0 aliphatic carbocycles. The maximum Gasteiger partial charge on any atom is 0.254 e. The molecule has 4 N–H and O–H groups in total. The summed E-state index contributed by atoms with van der Waals surface area (Å²) in [6.07, 6.45) is 1.31. The van der Waals surface area contributed by atoms with Gasteiger partial charge < -0.3 is 15.2 Å². The summed E-state index contributed by atoms with van der Waals surface area (Å²) in [6, 6.07) is 2.83. The fourth-order valence-corrected chi connectivity index (χ4v) is 2.15. The van der Waals surface area contributed by atoms with E-state index in [1.165, 1.54) is 12.3 Å². The van der Waals surface area contributed by atoms with Crippen molar-refractivity contribution >= 4 is 11.7 Å². The topological polar surface area (TPSA) is 93.2 Å². The highest BCUT2D eigenvalue weighted by molar-refractivity contribution is 5.95. The standard InChI is InChI=1S/C14H17FN4O2/c1-7-6-11(9(3)21-7)8(2)18-14(20)10-4-5-17-13(19-16)12(10)15/h4-6,8H,16H2,1-3H3,(H,17,19)(H,18,20). The van der Waals surface area contributed by atoms with Gasteiger partial charge in [-0.05, 0) is 32.9 Å². The van der Waals surface area contributed by atoms with E-state index in [1.807, 2.05) is 19.9 Å². The highest BCUT2D eigenvalue weighted by Crippen LogP contribution is 2.22. The molecular formula is C14H17FN4O2. The Hall–Kier alpha value is -2.41. The summed E-state index contributed by atoms with van der Waals surface area (Å²) < 4.78 is 19.4. The van der Waals surface area contributed by atoms with Gasteiger partial charge in [0.15, 0.2) is 11.6 Å². The highest BCUT2D eigenvalue weighted by atomic mass is 19.1. The molecule has 21 heavy (non-hydrogen) atoms. The fourth-order valence-electron chi connectivity index (χ4n) is 2.15. The lowest BCUT2D eigenvalue weighted by molar-refractivity contribution is 0.0935. The lowest BCUT2D eigenvalue weighted by atomic mass is 10.1. The number of nitrogens with zero attached hydrogens (tertiary/aromatic N) is 1.